The van der Waals surface area contributed by atoms with Gasteiger partial charge >= 0.3 is 0 Å². The van der Waals surface area contributed by atoms with Crippen molar-refractivity contribution in [2.45, 2.75) is 6.92 Å². The molecule has 0 fully saturated rings. The lowest BCUT2D eigenvalue weighted by Crippen LogP contribution is -2.41. The molecular formula is C5H14N4O2. The van der Waals surface area contributed by atoms with Crippen LogP contribution in [0.5, 0.6) is 0 Å². The first-order valence-corrected chi connectivity index (χ1v) is 3.32. The Morgan fingerprint density at radius 2 is 2.27 bits per heavy atom. The van der Waals surface area contributed by atoms with Gasteiger partial charge in [-0.3, -0.25) is 15.7 Å². The van der Waals surface area contributed by atoms with Gasteiger partial charge < -0.3 is 10.5 Å². The Kier molecular flexibility index (Phi) is 6.70. The molecule has 0 rings (SSSR count). The number of hydrogen-bond donors (Lipinski definition) is 4. The zero-order chi connectivity index (χ0) is 8.53. The molecule has 0 aromatic heterocycles. The second-order valence-electron chi connectivity index (χ2n) is 1.69. The molecular weight excluding hydrogens is 148 g/mol. The van der Waals surface area contributed by atoms with E-state index in [-0.39, 0.29) is 5.96 Å². The Morgan fingerprint density at radius 1 is 1.55 bits per heavy atom. The summed E-state index contributed by atoms with van der Waals surface area (Å²) < 4.78 is 4.96. The molecule has 0 aromatic rings. The van der Waals surface area contributed by atoms with E-state index in [0.29, 0.717) is 19.8 Å². The van der Waals surface area contributed by atoms with E-state index in [0.717, 1.165) is 0 Å². The van der Waals surface area contributed by atoms with Crippen molar-refractivity contribution in [2.75, 3.05) is 19.8 Å². The number of nitrogens with one attached hydrogen (secondary N) is 3. The molecule has 0 aromatic carbocycles. The number of hydrazine groups is 1. The van der Waals surface area contributed by atoms with Crippen molar-refractivity contribution in [1.29, 1.82) is 5.41 Å². The van der Waals surface area contributed by atoms with Crippen LogP contribution in [0.15, 0.2) is 0 Å². The molecule has 0 radical (unpaired) electrons. The summed E-state index contributed by atoms with van der Waals surface area (Å²) in [6.45, 7) is 3.50. The van der Waals surface area contributed by atoms with Gasteiger partial charge in [0.1, 0.15) is 0 Å². The molecule has 0 saturated heterocycles. The molecule has 0 amide bonds. The number of guanidine groups is 1. The molecule has 0 bridgehead atoms. The Morgan fingerprint density at radius 3 is 2.82 bits per heavy atom. The van der Waals surface area contributed by atoms with Crippen LogP contribution >= 0.6 is 0 Å². The molecule has 0 unspecified atom stereocenters. The van der Waals surface area contributed by atoms with E-state index in [1.165, 1.54) is 0 Å². The maximum Gasteiger partial charge on any atom is 0.202 e. The van der Waals surface area contributed by atoms with Crippen LogP contribution in [-0.4, -0.2) is 25.8 Å². The fraction of sp³-hybridized carbons (Fsp3) is 0.800. The summed E-state index contributed by atoms with van der Waals surface area (Å²) >= 11 is 0. The fourth-order valence-corrected chi connectivity index (χ4v) is 0.387. The van der Waals surface area contributed by atoms with Gasteiger partial charge in [-0.1, -0.05) is 0 Å². The molecule has 0 aliphatic carbocycles. The summed E-state index contributed by atoms with van der Waals surface area (Å²) in [5.74, 6) is -0.193. The van der Waals surface area contributed by atoms with E-state index in [4.69, 9.17) is 20.7 Å². The Balaban J connectivity index is 2.85. The summed E-state index contributed by atoms with van der Waals surface area (Å²) in [5, 5.41) is 6.70. The molecule has 0 spiro atoms. The summed E-state index contributed by atoms with van der Waals surface area (Å²) in [6.07, 6.45) is 0. The first-order valence-electron chi connectivity index (χ1n) is 3.32. The summed E-state index contributed by atoms with van der Waals surface area (Å²) in [4.78, 5) is 4.74. The van der Waals surface area contributed by atoms with Gasteiger partial charge in [0.05, 0.1) is 13.2 Å². The van der Waals surface area contributed by atoms with Crippen molar-refractivity contribution < 1.29 is 9.57 Å². The summed E-state index contributed by atoms with van der Waals surface area (Å²) in [6, 6.07) is 0. The minimum Gasteiger partial charge on any atom is -0.379 e. The second kappa shape index (κ2) is 7.26. The second-order valence-corrected chi connectivity index (χ2v) is 1.69. The third-order valence-electron chi connectivity index (χ3n) is 0.792. The van der Waals surface area contributed by atoms with Crippen LogP contribution in [0.1, 0.15) is 6.92 Å². The maximum absolute atomic E-state index is 6.70. The van der Waals surface area contributed by atoms with Crippen LogP contribution < -0.4 is 16.7 Å². The van der Waals surface area contributed by atoms with Crippen molar-refractivity contribution in [2.24, 2.45) is 5.73 Å². The van der Waals surface area contributed by atoms with Crippen LogP contribution in [0.4, 0.5) is 0 Å². The van der Waals surface area contributed by atoms with Gasteiger partial charge in [-0.15, -0.1) is 5.59 Å². The molecule has 0 atom stereocenters. The van der Waals surface area contributed by atoms with E-state index in [9.17, 15) is 0 Å². The first kappa shape index (κ1) is 10.2. The third kappa shape index (κ3) is 9.15. The highest BCUT2D eigenvalue weighted by molar-refractivity contribution is 5.73. The molecule has 5 N–H and O–H groups in total. The van der Waals surface area contributed by atoms with E-state index < -0.39 is 0 Å². The van der Waals surface area contributed by atoms with E-state index in [1.54, 1.807) is 0 Å². The quantitative estimate of drug-likeness (QED) is 0.173. The zero-order valence-electron chi connectivity index (χ0n) is 6.52. The Bertz CT molecular complexity index is 109. The zero-order valence-corrected chi connectivity index (χ0v) is 6.52. The highest BCUT2D eigenvalue weighted by Gasteiger charge is 1.86. The van der Waals surface area contributed by atoms with E-state index >= 15 is 0 Å². The Labute approximate surface area is 65.5 Å². The number of rotatable bonds is 6. The van der Waals surface area contributed by atoms with Gasteiger partial charge in [0.15, 0.2) is 0 Å². The lowest BCUT2D eigenvalue weighted by atomic mass is 10.7. The predicted octanol–water partition coefficient (Wildman–Crippen LogP) is -1.06. The third-order valence-corrected chi connectivity index (χ3v) is 0.792. The largest absolute Gasteiger partial charge is 0.379 e. The number of ether oxygens (including phenoxy) is 1. The molecule has 6 nitrogen and oxygen atoms in total. The molecule has 0 aliphatic rings. The maximum atomic E-state index is 6.70. The van der Waals surface area contributed by atoms with Crippen LogP contribution in [-0.2, 0) is 9.57 Å². The van der Waals surface area contributed by atoms with Crippen LogP contribution in [0, 0.1) is 5.41 Å². The van der Waals surface area contributed by atoms with Gasteiger partial charge in [0, 0.05) is 6.61 Å². The topological polar surface area (TPSA) is 92.4 Å². The van der Waals surface area contributed by atoms with Crippen molar-refractivity contribution >= 4 is 5.96 Å². The van der Waals surface area contributed by atoms with E-state index in [2.05, 4.69) is 11.0 Å². The monoisotopic (exact) mass is 162 g/mol. The van der Waals surface area contributed by atoms with Gasteiger partial charge in [-0.25, -0.2) is 0 Å². The SMILES string of the molecule is CCOCCONNC(=N)N. The summed E-state index contributed by atoms with van der Waals surface area (Å²) in [5.41, 5.74) is 9.45. The molecule has 0 aliphatic heterocycles. The Hall–Kier alpha value is -0.850. The predicted molar refractivity (Wildman–Crippen MR) is 40.6 cm³/mol. The average Bonchev–Trinajstić information content (AvgIpc) is 1.96. The highest BCUT2D eigenvalue weighted by Crippen LogP contribution is 1.72. The van der Waals surface area contributed by atoms with Crippen molar-refractivity contribution in [3.05, 3.63) is 0 Å². The van der Waals surface area contributed by atoms with Crippen LogP contribution in [0.2, 0.25) is 0 Å². The van der Waals surface area contributed by atoms with Gasteiger partial charge in [-0.05, 0) is 6.92 Å². The minimum atomic E-state index is -0.193. The van der Waals surface area contributed by atoms with Crippen LogP contribution in [0.25, 0.3) is 0 Å². The number of hydrogen-bond acceptors (Lipinski definition) is 4. The number of nitrogens with two attached hydrogens (primary N) is 1. The standard InChI is InChI=1S/C5H14N4O2/c1-2-10-3-4-11-9-8-5(6)7/h9H,2-4H2,1H3,(H4,6,7,8). The highest BCUT2D eigenvalue weighted by atomic mass is 16.7. The smallest absolute Gasteiger partial charge is 0.202 e. The normalized spacial score (nSPS) is 9.55. The van der Waals surface area contributed by atoms with Crippen LogP contribution in [0.3, 0.4) is 0 Å². The van der Waals surface area contributed by atoms with Gasteiger partial charge in [0.2, 0.25) is 5.96 Å². The lowest BCUT2D eigenvalue weighted by Gasteiger charge is -2.05. The first-order chi connectivity index (χ1) is 5.27. The van der Waals surface area contributed by atoms with E-state index in [1.807, 2.05) is 6.92 Å². The summed E-state index contributed by atoms with van der Waals surface area (Å²) in [7, 11) is 0. The van der Waals surface area contributed by atoms with Gasteiger partial charge in [0.25, 0.3) is 0 Å². The molecule has 11 heavy (non-hydrogen) atoms. The van der Waals surface area contributed by atoms with Crippen molar-refractivity contribution in [3.63, 3.8) is 0 Å². The molecule has 66 valence electrons. The average molecular weight is 162 g/mol. The molecule has 0 saturated carbocycles. The van der Waals surface area contributed by atoms with Crippen molar-refractivity contribution in [3.8, 4) is 0 Å². The van der Waals surface area contributed by atoms with Gasteiger partial charge in [-0.2, -0.15) is 0 Å². The lowest BCUT2D eigenvalue weighted by molar-refractivity contribution is -0.0133. The van der Waals surface area contributed by atoms with Crippen molar-refractivity contribution in [1.82, 2.24) is 11.0 Å². The molecule has 0 heterocycles. The molecule has 6 heteroatoms. The fourth-order valence-electron chi connectivity index (χ4n) is 0.387. The minimum absolute atomic E-state index is 0.193.